The minimum atomic E-state index is 0.227. The summed E-state index contributed by atoms with van der Waals surface area (Å²) in [6.07, 6.45) is 1.22. The molecular weight excluding hydrogens is 350 g/mol. The molecule has 0 aliphatic rings. The van der Waals surface area contributed by atoms with E-state index in [0.29, 0.717) is 0 Å². The first-order chi connectivity index (χ1) is 10.1. The van der Waals surface area contributed by atoms with E-state index in [1.165, 1.54) is 0 Å². The van der Waals surface area contributed by atoms with Crippen LogP contribution in [0.15, 0.2) is 46.9 Å². The van der Waals surface area contributed by atoms with Gasteiger partial charge in [-0.15, -0.1) is 0 Å². The van der Waals surface area contributed by atoms with Gasteiger partial charge in [-0.05, 0) is 43.2 Å². The van der Waals surface area contributed by atoms with E-state index in [0.717, 1.165) is 39.5 Å². The summed E-state index contributed by atoms with van der Waals surface area (Å²) in [4.78, 5) is 0. The predicted molar refractivity (Wildman–Crippen MR) is 93.3 cm³/mol. The van der Waals surface area contributed by atoms with E-state index in [-0.39, 0.29) is 6.10 Å². The molecule has 0 amide bonds. The Morgan fingerprint density at radius 1 is 1.24 bits per heavy atom. The summed E-state index contributed by atoms with van der Waals surface area (Å²) < 4.78 is 6.84. The van der Waals surface area contributed by atoms with Crippen LogP contribution in [0.1, 0.15) is 25.8 Å². The molecule has 21 heavy (non-hydrogen) atoms. The van der Waals surface area contributed by atoms with Crippen molar-refractivity contribution in [3.8, 4) is 5.75 Å². The zero-order valence-electron chi connectivity index (χ0n) is 12.2. The first-order valence-corrected chi connectivity index (χ1v) is 8.20. The van der Waals surface area contributed by atoms with Gasteiger partial charge in [-0.3, -0.25) is 0 Å². The third-order valence-corrected chi connectivity index (χ3v) is 4.22. The van der Waals surface area contributed by atoms with Crippen LogP contribution in [0.5, 0.6) is 5.75 Å². The molecule has 0 saturated heterocycles. The van der Waals surface area contributed by atoms with Gasteiger partial charge < -0.3 is 10.1 Å². The van der Waals surface area contributed by atoms with Gasteiger partial charge in [-0.1, -0.05) is 46.6 Å². The minimum Gasteiger partial charge on any atom is -0.491 e. The predicted octanol–water partition coefficient (Wildman–Crippen LogP) is 5.89. The highest BCUT2D eigenvalue weighted by Gasteiger charge is 2.04. The van der Waals surface area contributed by atoms with Gasteiger partial charge in [-0.25, -0.2) is 0 Å². The Bertz CT molecular complexity index is 603. The average molecular weight is 369 g/mol. The van der Waals surface area contributed by atoms with E-state index in [1.807, 2.05) is 42.5 Å². The summed E-state index contributed by atoms with van der Waals surface area (Å²) in [5, 5.41) is 4.13. The average Bonchev–Trinajstić information content (AvgIpc) is 2.46. The molecule has 0 spiro atoms. The molecule has 0 aliphatic carbocycles. The maximum Gasteiger partial charge on any atom is 0.121 e. The normalized spacial score (nSPS) is 12.0. The quantitative estimate of drug-likeness (QED) is 0.686. The zero-order valence-corrected chi connectivity index (χ0v) is 14.5. The Labute approximate surface area is 139 Å². The molecule has 2 nitrogen and oxygen atoms in total. The Morgan fingerprint density at radius 2 is 2.05 bits per heavy atom. The molecule has 2 aromatic carbocycles. The smallest absolute Gasteiger partial charge is 0.121 e. The molecule has 0 aliphatic heterocycles. The fraction of sp³-hybridized carbons (Fsp3) is 0.294. The van der Waals surface area contributed by atoms with Gasteiger partial charge in [0, 0.05) is 27.8 Å². The third kappa shape index (κ3) is 4.94. The summed E-state index contributed by atoms with van der Waals surface area (Å²) >= 11 is 9.48. The van der Waals surface area contributed by atoms with Crippen molar-refractivity contribution in [2.24, 2.45) is 0 Å². The van der Waals surface area contributed by atoms with Gasteiger partial charge >= 0.3 is 0 Å². The van der Waals surface area contributed by atoms with Gasteiger partial charge in [0.15, 0.2) is 0 Å². The molecule has 0 saturated carbocycles. The Morgan fingerprint density at radius 3 is 2.76 bits per heavy atom. The lowest BCUT2D eigenvalue weighted by Gasteiger charge is -2.14. The second-order valence-electron chi connectivity index (χ2n) is 4.95. The standard InChI is InChI=1S/C17H19BrClNO/c1-3-12(2)21-16-6-4-5-15(10-16)20-11-13-7-8-14(19)9-17(13)18/h4-10,12,20H,3,11H2,1-2H3. The molecule has 4 heteroatoms. The molecule has 1 unspecified atom stereocenters. The molecule has 0 fully saturated rings. The monoisotopic (exact) mass is 367 g/mol. The van der Waals surface area contributed by atoms with Gasteiger partial charge in [0.05, 0.1) is 6.10 Å². The highest BCUT2D eigenvalue weighted by atomic mass is 79.9. The Hall–Kier alpha value is -1.19. The van der Waals surface area contributed by atoms with Crippen LogP contribution in [-0.2, 0) is 6.54 Å². The maximum atomic E-state index is 5.95. The molecule has 0 aromatic heterocycles. The first-order valence-electron chi connectivity index (χ1n) is 7.03. The highest BCUT2D eigenvalue weighted by molar-refractivity contribution is 9.10. The number of hydrogen-bond acceptors (Lipinski definition) is 2. The molecule has 1 atom stereocenters. The third-order valence-electron chi connectivity index (χ3n) is 3.24. The molecule has 0 heterocycles. The van der Waals surface area contributed by atoms with Crippen molar-refractivity contribution < 1.29 is 4.74 Å². The van der Waals surface area contributed by atoms with Crippen LogP contribution >= 0.6 is 27.5 Å². The largest absolute Gasteiger partial charge is 0.491 e. The first kappa shape index (κ1) is 16.2. The summed E-state index contributed by atoms with van der Waals surface area (Å²) in [6, 6.07) is 13.8. The van der Waals surface area contributed by atoms with Crippen LogP contribution in [-0.4, -0.2) is 6.10 Å². The van der Waals surface area contributed by atoms with Gasteiger partial charge in [0.2, 0.25) is 0 Å². The summed E-state index contributed by atoms with van der Waals surface area (Å²) in [5.74, 6) is 0.893. The molecule has 0 bridgehead atoms. The molecular formula is C17H19BrClNO. The van der Waals surface area contributed by atoms with Crippen LogP contribution < -0.4 is 10.1 Å². The molecule has 0 radical (unpaired) electrons. The number of hydrogen-bond donors (Lipinski definition) is 1. The second-order valence-corrected chi connectivity index (χ2v) is 6.24. The lowest BCUT2D eigenvalue weighted by atomic mass is 10.2. The van der Waals surface area contributed by atoms with Crippen molar-refractivity contribution in [1.29, 1.82) is 0 Å². The highest BCUT2D eigenvalue weighted by Crippen LogP contribution is 2.24. The van der Waals surface area contributed by atoms with Crippen molar-refractivity contribution >= 4 is 33.2 Å². The van der Waals surface area contributed by atoms with E-state index in [9.17, 15) is 0 Å². The van der Waals surface area contributed by atoms with E-state index in [2.05, 4.69) is 35.1 Å². The minimum absolute atomic E-state index is 0.227. The number of halogens is 2. The van der Waals surface area contributed by atoms with Gasteiger partial charge in [-0.2, -0.15) is 0 Å². The number of benzene rings is 2. The van der Waals surface area contributed by atoms with E-state index >= 15 is 0 Å². The van der Waals surface area contributed by atoms with Crippen molar-refractivity contribution in [2.75, 3.05) is 5.32 Å². The van der Waals surface area contributed by atoms with Gasteiger partial charge in [0.1, 0.15) is 5.75 Å². The van der Waals surface area contributed by atoms with Crippen molar-refractivity contribution in [3.63, 3.8) is 0 Å². The van der Waals surface area contributed by atoms with E-state index in [1.54, 1.807) is 0 Å². The van der Waals surface area contributed by atoms with Crippen molar-refractivity contribution in [2.45, 2.75) is 32.9 Å². The SMILES string of the molecule is CCC(C)Oc1cccc(NCc2ccc(Cl)cc2Br)c1. The second kappa shape index (κ2) is 7.71. The molecule has 2 rings (SSSR count). The topological polar surface area (TPSA) is 21.3 Å². The Balaban J connectivity index is 2.01. The van der Waals surface area contributed by atoms with E-state index in [4.69, 9.17) is 16.3 Å². The van der Waals surface area contributed by atoms with Crippen LogP contribution in [0, 0.1) is 0 Å². The number of rotatable bonds is 6. The van der Waals surface area contributed by atoms with Crippen LogP contribution in [0.3, 0.4) is 0 Å². The van der Waals surface area contributed by atoms with Crippen LogP contribution in [0.4, 0.5) is 5.69 Å². The van der Waals surface area contributed by atoms with E-state index < -0.39 is 0 Å². The Kier molecular flexibility index (Phi) is 5.95. The molecule has 1 N–H and O–H groups in total. The number of ether oxygens (including phenoxy) is 1. The lowest BCUT2D eigenvalue weighted by Crippen LogP contribution is -2.09. The molecule has 2 aromatic rings. The number of anilines is 1. The zero-order chi connectivity index (χ0) is 15.2. The summed E-state index contributed by atoms with van der Waals surface area (Å²) in [6.45, 7) is 4.92. The van der Waals surface area contributed by atoms with Crippen LogP contribution in [0.25, 0.3) is 0 Å². The van der Waals surface area contributed by atoms with Crippen molar-refractivity contribution in [3.05, 3.63) is 57.5 Å². The fourth-order valence-corrected chi connectivity index (χ4v) is 2.68. The van der Waals surface area contributed by atoms with Gasteiger partial charge in [0.25, 0.3) is 0 Å². The van der Waals surface area contributed by atoms with Crippen molar-refractivity contribution in [1.82, 2.24) is 0 Å². The maximum absolute atomic E-state index is 5.95. The fourth-order valence-electron chi connectivity index (χ4n) is 1.86. The lowest BCUT2D eigenvalue weighted by molar-refractivity contribution is 0.217. The summed E-state index contributed by atoms with van der Waals surface area (Å²) in [5.41, 5.74) is 2.20. The van der Waals surface area contributed by atoms with Crippen LogP contribution in [0.2, 0.25) is 5.02 Å². The summed E-state index contributed by atoms with van der Waals surface area (Å²) in [7, 11) is 0. The molecule has 112 valence electrons. The number of nitrogens with one attached hydrogen (secondary N) is 1.